The number of hydrogen-bond acceptors (Lipinski definition) is 2. The van der Waals surface area contributed by atoms with Crippen LogP contribution < -0.4 is 5.32 Å². The molecular formula is C26H30N2O2. The second kappa shape index (κ2) is 10.1. The number of aromatic carboxylic acids is 1. The van der Waals surface area contributed by atoms with Gasteiger partial charge in [0.1, 0.15) is 0 Å². The van der Waals surface area contributed by atoms with Gasteiger partial charge in [0.25, 0.3) is 0 Å². The molecule has 2 aromatic carbocycles. The summed E-state index contributed by atoms with van der Waals surface area (Å²) in [7, 11) is 0. The van der Waals surface area contributed by atoms with Crippen molar-refractivity contribution in [2.45, 2.75) is 39.8 Å². The van der Waals surface area contributed by atoms with Crippen LogP contribution in [0.4, 0.5) is 0 Å². The van der Waals surface area contributed by atoms with E-state index in [2.05, 4.69) is 52.9 Å². The minimum absolute atomic E-state index is 0.422. The van der Waals surface area contributed by atoms with Gasteiger partial charge in [-0.2, -0.15) is 0 Å². The van der Waals surface area contributed by atoms with E-state index < -0.39 is 5.97 Å². The molecule has 0 saturated heterocycles. The van der Waals surface area contributed by atoms with Crippen LogP contribution in [0.15, 0.2) is 61.2 Å². The highest BCUT2D eigenvalue weighted by atomic mass is 16.4. The zero-order valence-electron chi connectivity index (χ0n) is 17.8. The molecule has 0 radical (unpaired) electrons. The van der Waals surface area contributed by atoms with Gasteiger partial charge in [0.2, 0.25) is 0 Å². The minimum Gasteiger partial charge on any atom is -0.478 e. The molecule has 0 amide bonds. The molecule has 0 unspecified atom stereocenters. The normalized spacial score (nSPS) is 10.9. The zero-order chi connectivity index (χ0) is 21.5. The molecule has 2 N–H and O–H groups in total. The van der Waals surface area contributed by atoms with E-state index in [9.17, 15) is 9.90 Å². The number of nitrogens with zero attached hydrogens (tertiary/aromatic N) is 1. The summed E-state index contributed by atoms with van der Waals surface area (Å²) in [6, 6.07) is 18.6. The first-order chi connectivity index (χ1) is 14.5. The van der Waals surface area contributed by atoms with Crippen LogP contribution in [0, 0.1) is 13.8 Å². The molecule has 0 saturated carbocycles. The highest BCUT2D eigenvalue weighted by molar-refractivity contribution is 5.91. The smallest absolute Gasteiger partial charge is 0.337 e. The van der Waals surface area contributed by atoms with Crippen molar-refractivity contribution in [1.82, 2.24) is 9.88 Å². The lowest BCUT2D eigenvalue weighted by molar-refractivity contribution is 0.0694. The lowest BCUT2D eigenvalue weighted by Crippen LogP contribution is -2.17. The van der Waals surface area contributed by atoms with Gasteiger partial charge >= 0.3 is 5.97 Å². The summed E-state index contributed by atoms with van der Waals surface area (Å²) in [5.74, 6) is -0.863. The fourth-order valence-corrected chi connectivity index (χ4v) is 3.90. The van der Waals surface area contributed by atoms with E-state index in [0.717, 1.165) is 47.5 Å². The molecule has 30 heavy (non-hydrogen) atoms. The predicted molar refractivity (Wildman–Crippen MR) is 123 cm³/mol. The van der Waals surface area contributed by atoms with Gasteiger partial charge in [-0.25, -0.2) is 4.79 Å². The average Bonchev–Trinajstić information content (AvgIpc) is 2.99. The topological polar surface area (TPSA) is 54.3 Å². The molecule has 4 heteroatoms. The number of carboxylic acids is 1. The maximum Gasteiger partial charge on any atom is 0.337 e. The van der Waals surface area contributed by atoms with Crippen LogP contribution in [0.1, 0.15) is 50.4 Å². The highest BCUT2D eigenvalue weighted by Crippen LogP contribution is 2.24. The first kappa shape index (κ1) is 21.6. The first-order valence-corrected chi connectivity index (χ1v) is 10.4. The standard InChI is InChI=1S/C26H30N2O2/c1-4-21-12-14-23(15-13-21)18-28-19(2)24(25(20(28)3)26(29)30)17-27-16-8-11-22-9-6-5-7-10-22/h4-7,9-10,12-15,27H,1,8,11,16-18H2,2-3H3,(H,29,30). The van der Waals surface area contributed by atoms with Crippen LogP contribution in [0.25, 0.3) is 6.08 Å². The van der Waals surface area contributed by atoms with E-state index in [4.69, 9.17) is 0 Å². The number of hydrogen-bond donors (Lipinski definition) is 2. The van der Waals surface area contributed by atoms with Crippen molar-refractivity contribution in [3.05, 3.63) is 100 Å². The SMILES string of the molecule is C=Cc1ccc(Cn2c(C)c(CNCCCc3ccccc3)c(C(=O)O)c2C)cc1. The number of aryl methyl sites for hydroxylation is 1. The van der Waals surface area contributed by atoms with Crippen molar-refractivity contribution >= 4 is 12.0 Å². The summed E-state index contributed by atoms with van der Waals surface area (Å²) >= 11 is 0. The Hall–Kier alpha value is -3.11. The second-order valence-corrected chi connectivity index (χ2v) is 7.63. The van der Waals surface area contributed by atoms with Crippen molar-refractivity contribution in [3.8, 4) is 0 Å². The fourth-order valence-electron chi connectivity index (χ4n) is 3.90. The maximum absolute atomic E-state index is 12.0. The minimum atomic E-state index is -0.863. The Bertz CT molecular complexity index is 1000. The van der Waals surface area contributed by atoms with Gasteiger partial charge in [-0.3, -0.25) is 0 Å². The summed E-state index contributed by atoms with van der Waals surface area (Å²) in [4.78, 5) is 12.0. The Labute approximate surface area is 178 Å². The van der Waals surface area contributed by atoms with Crippen molar-refractivity contribution in [1.29, 1.82) is 0 Å². The molecule has 0 bridgehead atoms. The molecule has 3 aromatic rings. The van der Waals surface area contributed by atoms with Crippen LogP contribution in [-0.2, 0) is 19.5 Å². The monoisotopic (exact) mass is 402 g/mol. The average molecular weight is 403 g/mol. The van der Waals surface area contributed by atoms with Gasteiger partial charge in [-0.1, -0.05) is 67.3 Å². The lowest BCUT2D eigenvalue weighted by atomic mass is 10.1. The number of carboxylic acid groups (broad SMARTS) is 1. The van der Waals surface area contributed by atoms with Gasteiger partial charge in [0, 0.05) is 30.0 Å². The van der Waals surface area contributed by atoms with Crippen LogP contribution in [0.2, 0.25) is 0 Å². The van der Waals surface area contributed by atoms with Gasteiger partial charge in [0.05, 0.1) is 5.56 Å². The lowest BCUT2D eigenvalue weighted by Gasteiger charge is -2.11. The molecule has 0 fully saturated rings. The largest absolute Gasteiger partial charge is 0.478 e. The summed E-state index contributed by atoms with van der Waals surface area (Å²) in [5, 5.41) is 13.3. The molecule has 1 aromatic heterocycles. The third-order valence-electron chi connectivity index (χ3n) is 5.64. The molecule has 0 spiro atoms. The van der Waals surface area contributed by atoms with Crippen molar-refractivity contribution in [2.75, 3.05) is 6.54 Å². The number of aromatic nitrogens is 1. The number of nitrogens with one attached hydrogen (secondary N) is 1. The molecule has 0 aliphatic carbocycles. The third-order valence-corrected chi connectivity index (χ3v) is 5.64. The molecule has 0 atom stereocenters. The van der Waals surface area contributed by atoms with E-state index in [-0.39, 0.29) is 0 Å². The summed E-state index contributed by atoms with van der Waals surface area (Å²) in [5.41, 5.74) is 6.65. The third kappa shape index (κ3) is 5.08. The van der Waals surface area contributed by atoms with E-state index in [1.54, 1.807) is 0 Å². The Morgan fingerprint density at radius 1 is 1.03 bits per heavy atom. The predicted octanol–water partition coefficient (Wildman–Crippen LogP) is 5.22. The Morgan fingerprint density at radius 3 is 2.37 bits per heavy atom. The Morgan fingerprint density at radius 2 is 1.73 bits per heavy atom. The number of rotatable bonds is 10. The van der Waals surface area contributed by atoms with E-state index >= 15 is 0 Å². The molecule has 0 aliphatic heterocycles. The molecule has 4 nitrogen and oxygen atoms in total. The van der Waals surface area contributed by atoms with E-state index in [1.165, 1.54) is 5.56 Å². The molecule has 3 rings (SSSR count). The molecular weight excluding hydrogens is 372 g/mol. The van der Waals surface area contributed by atoms with Gasteiger partial charge < -0.3 is 15.0 Å². The Kier molecular flexibility index (Phi) is 7.26. The van der Waals surface area contributed by atoms with Gasteiger partial charge in [-0.05, 0) is 49.9 Å². The summed E-state index contributed by atoms with van der Waals surface area (Å²) in [6.07, 6.45) is 3.85. The van der Waals surface area contributed by atoms with Gasteiger partial charge in [-0.15, -0.1) is 0 Å². The Balaban J connectivity index is 1.69. The van der Waals surface area contributed by atoms with E-state index in [0.29, 0.717) is 18.7 Å². The quantitative estimate of drug-likeness (QED) is 0.457. The zero-order valence-corrected chi connectivity index (χ0v) is 17.8. The van der Waals surface area contributed by atoms with Crippen LogP contribution in [-0.4, -0.2) is 22.2 Å². The van der Waals surface area contributed by atoms with Crippen molar-refractivity contribution in [2.24, 2.45) is 0 Å². The number of carbonyl (C=O) groups is 1. The first-order valence-electron chi connectivity index (χ1n) is 10.4. The molecule has 1 heterocycles. The number of benzene rings is 2. The van der Waals surface area contributed by atoms with Crippen LogP contribution >= 0.6 is 0 Å². The molecule has 156 valence electrons. The van der Waals surface area contributed by atoms with Gasteiger partial charge in [0.15, 0.2) is 0 Å². The highest BCUT2D eigenvalue weighted by Gasteiger charge is 2.22. The molecule has 0 aliphatic rings. The summed E-state index contributed by atoms with van der Waals surface area (Å²) in [6.45, 7) is 9.76. The van der Waals surface area contributed by atoms with E-state index in [1.807, 2.05) is 38.1 Å². The maximum atomic E-state index is 12.0. The van der Waals surface area contributed by atoms with Crippen LogP contribution in [0.3, 0.4) is 0 Å². The summed E-state index contributed by atoms with van der Waals surface area (Å²) < 4.78 is 2.10. The van der Waals surface area contributed by atoms with Crippen LogP contribution in [0.5, 0.6) is 0 Å². The fraction of sp³-hybridized carbons (Fsp3) is 0.269. The van der Waals surface area contributed by atoms with Crippen molar-refractivity contribution in [3.63, 3.8) is 0 Å². The second-order valence-electron chi connectivity index (χ2n) is 7.63. The van der Waals surface area contributed by atoms with Crippen molar-refractivity contribution < 1.29 is 9.90 Å².